The van der Waals surface area contributed by atoms with Gasteiger partial charge < -0.3 is 20.4 Å². The van der Waals surface area contributed by atoms with Crippen molar-refractivity contribution in [3.8, 4) is 0 Å². The van der Waals surface area contributed by atoms with Gasteiger partial charge in [0.25, 0.3) is 5.91 Å². The highest BCUT2D eigenvalue weighted by Gasteiger charge is 2.37. The van der Waals surface area contributed by atoms with Crippen molar-refractivity contribution in [2.24, 2.45) is 7.05 Å². The largest absolute Gasteiger partial charge is 0.339 e. The van der Waals surface area contributed by atoms with Gasteiger partial charge in [-0.1, -0.05) is 23.4 Å². The lowest BCUT2D eigenvalue weighted by Gasteiger charge is -2.34. The van der Waals surface area contributed by atoms with Crippen molar-refractivity contribution in [2.45, 2.75) is 70.0 Å². The van der Waals surface area contributed by atoms with Gasteiger partial charge in [0.2, 0.25) is 11.8 Å². The quantitative estimate of drug-likeness (QED) is 0.413. The van der Waals surface area contributed by atoms with Crippen LogP contribution >= 0.6 is 0 Å². The predicted octanol–water partition coefficient (Wildman–Crippen LogP) is 2.22. The van der Waals surface area contributed by atoms with E-state index >= 15 is 0 Å². The van der Waals surface area contributed by atoms with Crippen molar-refractivity contribution in [2.75, 3.05) is 26.7 Å². The first-order valence-electron chi connectivity index (χ1n) is 14.1. The summed E-state index contributed by atoms with van der Waals surface area (Å²) in [6, 6.07) is 4.89. The Morgan fingerprint density at radius 2 is 1.95 bits per heavy atom. The molecule has 0 saturated carbocycles. The van der Waals surface area contributed by atoms with Crippen LogP contribution in [-0.2, 0) is 23.1 Å². The van der Waals surface area contributed by atoms with Crippen LogP contribution in [0.3, 0.4) is 0 Å². The molecular weight excluding hydrogens is 513 g/mol. The minimum atomic E-state index is -0.715. The van der Waals surface area contributed by atoms with Gasteiger partial charge >= 0.3 is 0 Å². The Kier molecular flexibility index (Phi) is 10.0. The number of hydrogen-bond acceptors (Lipinski definition) is 6. The zero-order chi connectivity index (χ0) is 28.6. The van der Waals surface area contributed by atoms with Crippen molar-refractivity contribution >= 4 is 17.7 Å². The molecule has 1 aliphatic heterocycles. The lowest BCUT2D eigenvalue weighted by molar-refractivity contribution is -0.136. The van der Waals surface area contributed by atoms with Gasteiger partial charge in [0, 0.05) is 32.7 Å². The molecule has 40 heavy (non-hydrogen) atoms. The molecule has 0 bridgehead atoms. The number of amides is 3. The third-order valence-corrected chi connectivity index (χ3v) is 7.84. The summed E-state index contributed by atoms with van der Waals surface area (Å²) in [5.74, 6) is -0.924. The Morgan fingerprint density at radius 1 is 1.18 bits per heavy atom. The van der Waals surface area contributed by atoms with Crippen LogP contribution in [0, 0.1) is 5.82 Å². The summed E-state index contributed by atoms with van der Waals surface area (Å²) in [7, 11) is 3.42. The fourth-order valence-corrected chi connectivity index (χ4v) is 5.37. The van der Waals surface area contributed by atoms with E-state index in [0.717, 1.165) is 49.7 Å². The first-order valence-corrected chi connectivity index (χ1v) is 14.1. The predicted molar refractivity (Wildman–Crippen MR) is 149 cm³/mol. The number of likely N-dealkylation sites (N-methyl/N-ethyl adjacent to an activating group) is 1. The Bertz CT molecular complexity index is 1210. The summed E-state index contributed by atoms with van der Waals surface area (Å²) in [6.45, 7) is 3.04. The van der Waals surface area contributed by atoms with Gasteiger partial charge in [-0.15, -0.1) is 5.10 Å². The van der Waals surface area contributed by atoms with E-state index in [2.05, 4.69) is 27.0 Å². The van der Waals surface area contributed by atoms with Crippen molar-refractivity contribution in [3.63, 3.8) is 0 Å². The van der Waals surface area contributed by atoms with Gasteiger partial charge in [-0.3, -0.25) is 19.1 Å². The minimum absolute atomic E-state index is 0.127. The van der Waals surface area contributed by atoms with Gasteiger partial charge in [0.15, 0.2) is 5.69 Å². The average Bonchev–Trinajstić information content (AvgIpc) is 3.62. The average molecular weight is 554 g/mol. The second kappa shape index (κ2) is 13.6. The highest BCUT2D eigenvalue weighted by molar-refractivity contribution is 5.93. The van der Waals surface area contributed by atoms with E-state index in [4.69, 9.17) is 0 Å². The van der Waals surface area contributed by atoms with Gasteiger partial charge in [0.05, 0.1) is 12.2 Å². The van der Waals surface area contributed by atoms with E-state index in [1.807, 2.05) is 4.90 Å². The van der Waals surface area contributed by atoms with Gasteiger partial charge in [-0.2, -0.15) is 0 Å². The standard InChI is InChI=1S/C29H40FN7O3/c1-20(31-2)27(38)32-26(22-8-5-4-6-9-22)29(40)37-16-7-10-24(37)18-36(28(39)25-19-35(3)34-33-25)17-15-21-11-13-23(30)14-12-21/h8,11-14,19-20,24,26,31H,4-7,9-10,15-18H2,1-3H3,(H,32,38)/t20-,24-,26-/m0/s1. The maximum absolute atomic E-state index is 14.0. The molecule has 0 radical (unpaired) electrons. The molecule has 1 aliphatic carbocycles. The third-order valence-electron chi connectivity index (χ3n) is 7.84. The Morgan fingerprint density at radius 3 is 2.60 bits per heavy atom. The number of benzene rings is 1. The summed E-state index contributed by atoms with van der Waals surface area (Å²) < 4.78 is 14.9. The lowest BCUT2D eigenvalue weighted by atomic mass is 9.92. The number of nitrogens with zero attached hydrogens (tertiary/aromatic N) is 5. The first kappa shape index (κ1) is 29.4. The molecule has 2 aromatic rings. The number of hydrogen-bond donors (Lipinski definition) is 2. The highest BCUT2D eigenvalue weighted by atomic mass is 19.1. The molecule has 2 heterocycles. The van der Waals surface area contributed by atoms with Gasteiger partial charge in [-0.05, 0) is 82.2 Å². The molecule has 1 fully saturated rings. The van der Waals surface area contributed by atoms with Crippen LogP contribution < -0.4 is 10.6 Å². The molecule has 216 valence electrons. The fraction of sp³-hybridized carbons (Fsp3) is 0.552. The highest BCUT2D eigenvalue weighted by Crippen LogP contribution is 2.26. The summed E-state index contributed by atoms with van der Waals surface area (Å²) in [6.07, 6.45) is 9.49. The molecule has 1 saturated heterocycles. The van der Waals surface area contributed by atoms with Crippen LogP contribution in [0.2, 0.25) is 0 Å². The van der Waals surface area contributed by atoms with E-state index in [1.54, 1.807) is 44.2 Å². The van der Waals surface area contributed by atoms with E-state index in [1.165, 1.54) is 16.8 Å². The zero-order valence-corrected chi connectivity index (χ0v) is 23.6. The molecule has 4 rings (SSSR count). The van der Waals surface area contributed by atoms with Crippen LogP contribution in [0.15, 0.2) is 42.1 Å². The van der Waals surface area contributed by atoms with Crippen LogP contribution in [0.5, 0.6) is 0 Å². The first-order chi connectivity index (χ1) is 19.3. The Hall–Kier alpha value is -3.60. The summed E-state index contributed by atoms with van der Waals surface area (Å²) in [4.78, 5) is 43.9. The second-order valence-electron chi connectivity index (χ2n) is 10.7. The van der Waals surface area contributed by atoms with Crippen LogP contribution in [-0.4, -0.2) is 87.3 Å². The molecular formula is C29H40FN7O3. The molecule has 2 N–H and O–H groups in total. The maximum atomic E-state index is 14.0. The maximum Gasteiger partial charge on any atom is 0.276 e. The number of halogens is 1. The summed E-state index contributed by atoms with van der Waals surface area (Å²) in [5, 5.41) is 13.9. The molecule has 1 aromatic heterocycles. The number of likely N-dealkylation sites (tertiary alicyclic amines) is 1. The number of allylic oxidation sites excluding steroid dienone is 1. The Labute approximate surface area is 235 Å². The fourth-order valence-electron chi connectivity index (χ4n) is 5.37. The van der Waals surface area contributed by atoms with E-state index in [0.29, 0.717) is 26.1 Å². The molecule has 1 aromatic carbocycles. The van der Waals surface area contributed by atoms with E-state index in [-0.39, 0.29) is 35.3 Å². The number of aryl methyl sites for hydroxylation is 1. The summed E-state index contributed by atoms with van der Waals surface area (Å²) in [5.41, 5.74) is 2.10. The van der Waals surface area contributed by atoms with Crippen LogP contribution in [0.25, 0.3) is 0 Å². The van der Waals surface area contributed by atoms with Gasteiger partial charge in [-0.25, -0.2) is 4.39 Å². The molecule has 3 amide bonds. The van der Waals surface area contributed by atoms with Crippen molar-refractivity contribution in [1.29, 1.82) is 0 Å². The zero-order valence-electron chi connectivity index (χ0n) is 23.6. The van der Waals surface area contributed by atoms with E-state index < -0.39 is 12.1 Å². The monoisotopic (exact) mass is 553 g/mol. The summed E-state index contributed by atoms with van der Waals surface area (Å²) >= 11 is 0. The minimum Gasteiger partial charge on any atom is -0.339 e. The Balaban J connectivity index is 1.53. The number of aromatic nitrogens is 3. The van der Waals surface area contributed by atoms with Crippen molar-refractivity contribution < 1.29 is 18.8 Å². The second-order valence-corrected chi connectivity index (χ2v) is 10.7. The number of carbonyl (C=O) groups is 3. The van der Waals surface area contributed by atoms with Gasteiger partial charge in [0.1, 0.15) is 11.9 Å². The number of rotatable bonds is 11. The molecule has 11 heteroatoms. The van der Waals surface area contributed by atoms with Crippen LogP contribution in [0.1, 0.15) is 61.5 Å². The SMILES string of the molecule is CN[C@@H](C)C(=O)N[C@H](C(=O)N1CCC[C@H]1CN(CCc1ccc(F)cc1)C(=O)c1cn(C)nn1)C1=CCCCC1. The number of nitrogens with one attached hydrogen (secondary N) is 2. The van der Waals surface area contributed by atoms with Crippen molar-refractivity contribution in [1.82, 2.24) is 35.4 Å². The molecule has 3 atom stereocenters. The van der Waals surface area contributed by atoms with Crippen LogP contribution in [0.4, 0.5) is 4.39 Å². The topological polar surface area (TPSA) is 112 Å². The third kappa shape index (κ3) is 7.32. The molecule has 0 unspecified atom stereocenters. The van der Waals surface area contributed by atoms with E-state index in [9.17, 15) is 18.8 Å². The normalized spacial score (nSPS) is 18.6. The van der Waals surface area contributed by atoms with Crippen molar-refractivity contribution in [3.05, 3.63) is 59.2 Å². The smallest absolute Gasteiger partial charge is 0.276 e. The number of carbonyl (C=O) groups excluding carboxylic acids is 3. The lowest BCUT2D eigenvalue weighted by Crippen LogP contribution is -2.55. The molecule has 10 nitrogen and oxygen atoms in total. The molecule has 0 spiro atoms. The molecule has 2 aliphatic rings.